The average Bonchev–Trinajstić information content (AvgIpc) is 2.73. The zero-order chi connectivity index (χ0) is 12.3. The van der Waals surface area contributed by atoms with Gasteiger partial charge in [-0.2, -0.15) is 0 Å². The first-order valence-electron chi connectivity index (χ1n) is 5.03. The standard InChI is InChI=1S/C11H12ClN3OS/c1-15(2)8-4-3-5-9(6-8)16-7-10-13-14-11(12)17-10/h3-6H,7H2,1-2H3. The summed E-state index contributed by atoms with van der Waals surface area (Å²) in [7, 11) is 3.98. The summed E-state index contributed by atoms with van der Waals surface area (Å²) >= 11 is 7.02. The number of hydrogen-bond acceptors (Lipinski definition) is 5. The smallest absolute Gasteiger partial charge is 0.207 e. The molecule has 0 saturated carbocycles. The van der Waals surface area contributed by atoms with Gasteiger partial charge in [0.05, 0.1) is 0 Å². The van der Waals surface area contributed by atoms with E-state index in [1.165, 1.54) is 11.3 Å². The highest BCUT2D eigenvalue weighted by molar-refractivity contribution is 7.15. The molecule has 0 aliphatic carbocycles. The molecule has 0 unspecified atom stereocenters. The van der Waals surface area contributed by atoms with Gasteiger partial charge in [-0.3, -0.25) is 0 Å². The van der Waals surface area contributed by atoms with Crippen LogP contribution in [-0.2, 0) is 6.61 Å². The third kappa shape index (κ3) is 3.31. The summed E-state index contributed by atoms with van der Waals surface area (Å²) in [5.74, 6) is 0.808. The Morgan fingerprint density at radius 3 is 2.82 bits per heavy atom. The van der Waals surface area contributed by atoms with Crippen LogP contribution in [0.3, 0.4) is 0 Å². The quantitative estimate of drug-likeness (QED) is 0.856. The summed E-state index contributed by atoms with van der Waals surface area (Å²) in [5.41, 5.74) is 1.10. The normalized spacial score (nSPS) is 10.3. The Balaban J connectivity index is 2.01. The van der Waals surface area contributed by atoms with Gasteiger partial charge >= 0.3 is 0 Å². The SMILES string of the molecule is CN(C)c1cccc(OCc2nnc(Cl)s2)c1. The van der Waals surface area contributed by atoms with Gasteiger partial charge in [0.2, 0.25) is 4.47 Å². The summed E-state index contributed by atoms with van der Waals surface area (Å²) in [4.78, 5) is 2.02. The van der Waals surface area contributed by atoms with E-state index in [0.717, 1.165) is 16.4 Å². The van der Waals surface area contributed by atoms with E-state index < -0.39 is 0 Å². The van der Waals surface area contributed by atoms with Gasteiger partial charge in [-0.25, -0.2) is 0 Å². The summed E-state index contributed by atoms with van der Waals surface area (Å²) in [6.07, 6.45) is 0. The molecule has 6 heteroatoms. The predicted octanol–water partition coefficient (Wildman–Crippen LogP) is 2.84. The van der Waals surface area contributed by atoms with E-state index in [-0.39, 0.29) is 0 Å². The molecule has 0 N–H and O–H groups in total. The number of halogens is 1. The molecule has 1 aromatic heterocycles. The molecule has 0 saturated heterocycles. The van der Waals surface area contributed by atoms with Crippen molar-refractivity contribution in [2.75, 3.05) is 19.0 Å². The molecule has 90 valence electrons. The van der Waals surface area contributed by atoms with Crippen molar-refractivity contribution in [1.82, 2.24) is 10.2 Å². The van der Waals surface area contributed by atoms with Crippen molar-refractivity contribution in [1.29, 1.82) is 0 Å². The van der Waals surface area contributed by atoms with Crippen molar-refractivity contribution >= 4 is 28.6 Å². The molecule has 0 aliphatic heterocycles. The molecule has 0 bridgehead atoms. The lowest BCUT2D eigenvalue weighted by molar-refractivity contribution is 0.304. The van der Waals surface area contributed by atoms with Crippen LogP contribution in [-0.4, -0.2) is 24.3 Å². The topological polar surface area (TPSA) is 38.2 Å². The minimum absolute atomic E-state index is 0.390. The van der Waals surface area contributed by atoms with Crippen molar-refractivity contribution < 1.29 is 4.74 Å². The molecule has 2 rings (SSSR count). The number of aromatic nitrogens is 2. The molecule has 0 spiro atoms. The van der Waals surface area contributed by atoms with Crippen LogP contribution in [0.15, 0.2) is 24.3 Å². The number of rotatable bonds is 4. The second-order valence-electron chi connectivity index (χ2n) is 3.63. The maximum atomic E-state index is 5.69. The molecule has 0 atom stereocenters. The van der Waals surface area contributed by atoms with Crippen LogP contribution in [0.2, 0.25) is 4.47 Å². The lowest BCUT2D eigenvalue weighted by atomic mass is 10.3. The fourth-order valence-electron chi connectivity index (χ4n) is 1.29. The van der Waals surface area contributed by atoms with Crippen molar-refractivity contribution in [3.05, 3.63) is 33.7 Å². The van der Waals surface area contributed by atoms with Crippen LogP contribution in [0.4, 0.5) is 5.69 Å². The third-order valence-corrected chi connectivity index (χ3v) is 3.13. The number of anilines is 1. The van der Waals surface area contributed by atoms with Crippen molar-refractivity contribution in [3.63, 3.8) is 0 Å². The second kappa shape index (κ2) is 5.33. The minimum Gasteiger partial charge on any atom is -0.486 e. The van der Waals surface area contributed by atoms with E-state index in [2.05, 4.69) is 10.2 Å². The molecule has 2 aromatic rings. The Morgan fingerprint density at radius 1 is 1.35 bits per heavy atom. The molecule has 17 heavy (non-hydrogen) atoms. The first-order chi connectivity index (χ1) is 8.15. The molecule has 0 amide bonds. The van der Waals surface area contributed by atoms with E-state index in [1.54, 1.807) is 0 Å². The van der Waals surface area contributed by atoms with Crippen molar-refractivity contribution in [2.24, 2.45) is 0 Å². The monoisotopic (exact) mass is 269 g/mol. The van der Waals surface area contributed by atoms with Crippen molar-refractivity contribution in [2.45, 2.75) is 6.61 Å². The summed E-state index contributed by atoms with van der Waals surface area (Å²) < 4.78 is 6.05. The minimum atomic E-state index is 0.390. The largest absolute Gasteiger partial charge is 0.486 e. The molecule has 4 nitrogen and oxygen atoms in total. The van der Waals surface area contributed by atoms with Gasteiger partial charge in [-0.15, -0.1) is 10.2 Å². The van der Waals surface area contributed by atoms with Crippen LogP contribution in [0.25, 0.3) is 0 Å². The number of nitrogens with zero attached hydrogens (tertiary/aromatic N) is 3. The molecule has 1 heterocycles. The van der Waals surface area contributed by atoms with Gasteiger partial charge in [-0.05, 0) is 23.7 Å². The average molecular weight is 270 g/mol. The zero-order valence-electron chi connectivity index (χ0n) is 9.55. The first kappa shape index (κ1) is 12.1. The third-order valence-electron chi connectivity index (χ3n) is 2.14. The van der Waals surface area contributed by atoms with Gasteiger partial charge in [0.1, 0.15) is 12.4 Å². The molecule has 0 radical (unpaired) electrons. The highest BCUT2D eigenvalue weighted by Crippen LogP contribution is 2.21. The zero-order valence-corrected chi connectivity index (χ0v) is 11.1. The van der Waals surface area contributed by atoms with Gasteiger partial charge in [-0.1, -0.05) is 17.4 Å². The maximum Gasteiger partial charge on any atom is 0.207 e. The van der Waals surface area contributed by atoms with Crippen molar-refractivity contribution in [3.8, 4) is 5.75 Å². The Labute approximate surface area is 109 Å². The molecular formula is C11H12ClN3OS. The molecular weight excluding hydrogens is 258 g/mol. The molecule has 1 aromatic carbocycles. The Morgan fingerprint density at radius 2 is 2.18 bits per heavy atom. The van der Waals surface area contributed by atoms with Gasteiger partial charge in [0.25, 0.3) is 0 Å². The molecule has 0 aliphatic rings. The van der Waals surface area contributed by atoms with Crippen LogP contribution < -0.4 is 9.64 Å². The van der Waals surface area contributed by atoms with E-state index in [9.17, 15) is 0 Å². The van der Waals surface area contributed by atoms with E-state index >= 15 is 0 Å². The first-order valence-corrected chi connectivity index (χ1v) is 6.22. The lowest BCUT2D eigenvalue weighted by Crippen LogP contribution is -2.08. The molecule has 0 fully saturated rings. The summed E-state index contributed by atoms with van der Waals surface area (Å²) in [6, 6.07) is 7.87. The van der Waals surface area contributed by atoms with Crippen LogP contribution in [0.1, 0.15) is 5.01 Å². The van der Waals surface area contributed by atoms with Gasteiger partial charge in [0.15, 0.2) is 5.01 Å². The highest BCUT2D eigenvalue weighted by Gasteiger charge is 2.03. The van der Waals surface area contributed by atoms with Gasteiger partial charge in [0, 0.05) is 25.8 Å². The predicted molar refractivity (Wildman–Crippen MR) is 70.0 cm³/mol. The van der Waals surface area contributed by atoms with Crippen LogP contribution in [0.5, 0.6) is 5.75 Å². The van der Waals surface area contributed by atoms with Crippen LogP contribution in [0, 0.1) is 0 Å². The summed E-state index contributed by atoms with van der Waals surface area (Å²) in [6.45, 7) is 0.390. The number of hydrogen-bond donors (Lipinski definition) is 0. The second-order valence-corrected chi connectivity index (χ2v) is 5.27. The fraction of sp³-hybridized carbons (Fsp3) is 0.273. The van der Waals surface area contributed by atoms with E-state index in [0.29, 0.717) is 11.1 Å². The Hall–Kier alpha value is -1.33. The number of ether oxygens (including phenoxy) is 1. The number of benzene rings is 1. The lowest BCUT2D eigenvalue weighted by Gasteiger charge is -2.13. The van der Waals surface area contributed by atoms with Gasteiger partial charge < -0.3 is 9.64 Å². The Bertz CT molecular complexity index is 501. The van der Waals surface area contributed by atoms with Crippen LogP contribution >= 0.6 is 22.9 Å². The van der Waals surface area contributed by atoms with E-state index in [1.807, 2.05) is 43.3 Å². The maximum absolute atomic E-state index is 5.69. The Kier molecular flexibility index (Phi) is 3.81. The highest BCUT2D eigenvalue weighted by atomic mass is 35.5. The van der Waals surface area contributed by atoms with E-state index in [4.69, 9.17) is 16.3 Å². The fourth-order valence-corrected chi connectivity index (χ4v) is 2.07. The summed E-state index contributed by atoms with van der Waals surface area (Å²) in [5, 5.41) is 8.38.